The average Bonchev–Trinajstić information content (AvgIpc) is 3.37. The van der Waals surface area contributed by atoms with Crippen molar-refractivity contribution in [2.45, 2.75) is 19.4 Å². The highest BCUT2D eigenvalue weighted by Gasteiger charge is 2.23. The average molecular weight is 452 g/mol. The quantitative estimate of drug-likeness (QED) is 0.471. The number of rotatable bonds is 4. The van der Waals surface area contributed by atoms with E-state index in [9.17, 15) is 13.6 Å². The zero-order valence-electron chi connectivity index (χ0n) is 17.0. The van der Waals surface area contributed by atoms with Crippen molar-refractivity contribution in [3.8, 4) is 22.8 Å². The highest BCUT2D eigenvalue weighted by atomic mass is 32.1. The summed E-state index contributed by atoms with van der Waals surface area (Å²) < 4.78 is 28.3. The van der Waals surface area contributed by atoms with Gasteiger partial charge in [-0.15, -0.1) is 16.4 Å². The first-order valence-electron chi connectivity index (χ1n) is 10.2. The lowest BCUT2D eigenvalue weighted by atomic mass is 10.2. The van der Waals surface area contributed by atoms with Gasteiger partial charge in [0.2, 0.25) is 5.91 Å². The maximum Gasteiger partial charge on any atom is 0.244 e. The molecule has 4 aromatic rings. The molecule has 0 unspecified atom stereocenters. The lowest BCUT2D eigenvalue weighted by Gasteiger charge is -2.20. The highest BCUT2D eigenvalue weighted by Crippen LogP contribution is 2.24. The fourth-order valence-corrected chi connectivity index (χ4v) is 4.56. The van der Waals surface area contributed by atoms with Crippen LogP contribution in [0.5, 0.6) is 0 Å². The molecule has 2 aromatic heterocycles. The molecule has 0 N–H and O–H groups in total. The third kappa shape index (κ3) is 4.16. The molecule has 0 fully saturated rings. The highest BCUT2D eigenvalue weighted by molar-refractivity contribution is 7.09. The van der Waals surface area contributed by atoms with E-state index < -0.39 is 0 Å². The lowest BCUT2D eigenvalue weighted by molar-refractivity contribution is -0.131. The van der Waals surface area contributed by atoms with E-state index in [1.165, 1.54) is 33.8 Å². The third-order valence-electron chi connectivity index (χ3n) is 5.47. The molecule has 1 amide bonds. The van der Waals surface area contributed by atoms with Crippen LogP contribution >= 0.6 is 11.3 Å². The first-order valence-corrected chi connectivity index (χ1v) is 11.1. The van der Waals surface area contributed by atoms with Crippen LogP contribution in [0.1, 0.15) is 10.6 Å². The van der Waals surface area contributed by atoms with Crippen LogP contribution in [0, 0.1) is 11.6 Å². The van der Waals surface area contributed by atoms with Crippen LogP contribution in [-0.2, 0) is 24.2 Å². The number of fused-ring (bicyclic) bond motifs is 1. The van der Waals surface area contributed by atoms with Gasteiger partial charge in [-0.2, -0.15) is 0 Å². The fourth-order valence-electron chi connectivity index (χ4n) is 3.75. The number of benzene rings is 2. The minimum atomic E-state index is -0.361. The summed E-state index contributed by atoms with van der Waals surface area (Å²) in [6, 6.07) is 11.7. The number of carbonyl (C=O) groups excluding carboxylic acids is 1. The molecule has 5 rings (SSSR count). The van der Waals surface area contributed by atoms with Gasteiger partial charge in [0.1, 0.15) is 18.2 Å². The SMILES string of the molecule is O=C(Cn1nc(-c2ccc(F)cc2)nc1-c1ccc(F)cc1)N1CCc2ncsc2CC1. The number of halogens is 2. The Morgan fingerprint density at radius 1 is 0.938 bits per heavy atom. The topological polar surface area (TPSA) is 63.9 Å². The zero-order valence-corrected chi connectivity index (χ0v) is 17.9. The third-order valence-corrected chi connectivity index (χ3v) is 6.40. The van der Waals surface area contributed by atoms with E-state index in [0.717, 1.165) is 18.5 Å². The lowest BCUT2D eigenvalue weighted by Crippen LogP contribution is -2.36. The largest absolute Gasteiger partial charge is 0.340 e. The van der Waals surface area contributed by atoms with Crippen molar-refractivity contribution < 1.29 is 13.6 Å². The molecule has 0 bridgehead atoms. The normalized spacial score (nSPS) is 13.6. The van der Waals surface area contributed by atoms with E-state index in [0.29, 0.717) is 35.9 Å². The van der Waals surface area contributed by atoms with Crippen molar-refractivity contribution in [1.29, 1.82) is 0 Å². The maximum atomic E-state index is 13.4. The summed E-state index contributed by atoms with van der Waals surface area (Å²) in [5, 5.41) is 4.53. The number of amides is 1. The van der Waals surface area contributed by atoms with Crippen molar-refractivity contribution in [3.63, 3.8) is 0 Å². The summed E-state index contributed by atoms with van der Waals surface area (Å²) in [5.41, 5.74) is 4.19. The summed E-state index contributed by atoms with van der Waals surface area (Å²) in [5.74, 6) is 0.0401. The molecule has 0 atom stereocenters. The Bertz CT molecular complexity index is 1230. The smallest absolute Gasteiger partial charge is 0.244 e. The van der Waals surface area contributed by atoms with Crippen LogP contribution in [0.3, 0.4) is 0 Å². The van der Waals surface area contributed by atoms with Crippen LogP contribution in [0.4, 0.5) is 8.78 Å². The molecule has 1 aliphatic heterocycles. The number of hydrogen-bond acceptors (Lipinski definition) is 5. The van der Waals surface area contributed by atoms with Crippen molar-refractivity contribution in [2.75, 3.05) is 13.1 Å². The summed E-state index contributed by atoms with van der Waals surface area (Å²) in [7, 11) is 0. The van der Waals surface area contributed by atoms with Crippen LogP contribution in [0.15, 0.2) is 54.0 Å². The zero-order chi connectivity index (χ0) is 22.1. The van der Waals surface area contributed by atoms with Crippen molar-refractivity contribution in [3.05, 3.63) is 76.2 Å². The molecule has 9 heteroatoms. The Labute approximate surface area is 187 Å². The molecule has 0 spiro atoms. The van der Waals surface area contributed by atoms with E-state index in [4.69, 9.17) is 0 Å². The summed E-state index contributed by atoms with van der Waals surface area (Å²) >= 11 is 1.63. The standard InChI is InChI=1S/C23H19F2N5OS/c24-17-5-1-15(2-6-17)22-27-23(16-3-7-18(25)8-4-16)30(28-22)13-21(31)29-11-9-19-20(10-12-29)32-14-26-19/h1-8,14H,9-13H2. The molecular formula is C23H19F2N5OS. The minimum absolute atomic E-state index is 0.00197. The molecule has 0 saturated heterocycles. The Morgan fingerprint density at radius 2 is 1.59 bits per heavy atom. The molecule has 2 aromatic carbocycles. The van der Waals surface area contributed by atoms with Crippen LogP contribution in [0.25, 0.3) is 22.8 Å². The van der Waals surface area contributed by atoms with Crippen LogP contribution < -0.4 is 0 Å². The molecular weight excluding hydrogens is 432 g/mol. The molecule has 6 nitrogen and oxygen atoms in total. The molecule has 32 heavy (non-hydrogen) atoms. The fraction of sp³-hybridized carbons (Fsp3) is 0.217. The Kier molecular flexibility index (Phi) is 5.48. The number of nitrogens with zero attached hydrogens (tertiary/aromatic N) is 5. The van der Waals surface area contributed by atoms with Gasteiger partial charge in [0, 0.05) is 41.9 Å². The van der Waals surface area contributed by atoms with Gasteiger partial charge in [0.15, 0.2) is 11.6 Å². The second-order valence-electron chi connectivity index (χ2n) is 7.53. The Balaban J connectivity index is 1.43. The molecule has 162 valence electrons. The van der Waals surface area contributed by atoms with Gasteiger partial charge in [-0.3, -0.25) is 4.79 Å². The van der Waals surface area contributed by atoms with Gasteiger partial charge >= 0.3 is 0 Å². The second kappa shape index (κ2) is 8.58. The second-order valence-corrected chi connectivity index (χ2v) is 8.47. The number of thiazole rings is 1. The predicted octanol–water partition coefficient (Wildman–Crippen LogP) is 3.97. The van der Waals surface area contributed by atoms with E-state index in [-0.39, 0.29) is 24.1 Å². The van der Waals surface area contributed by atoms with Crippen molar-refractivity contribution in [1.82, 2.24) is 24.6 Å². The number of hydrogen-bond donors (Lipinski definition) is 0. The van der Waals surface area contributed by atoms with E-state index in [2.05, 4.69) is 15.1 Å². The van der Waals surface area contributed by atoms with E-state index in [1.54, 1.807) is 35.6 Å². The molecule has 3 heterocycles. The van der Waals surface area contributed by atoms with E-state index in [1.807, 2.05) is 10.4 Å². The summed E-state index contributed by atoms with van der Waals surface area (Å²) in [4.78, 5) is 25.2. The van der Waals surface area contributed by atoms with Crippen LogP contribution in [-0.4, -0.2) is 43.6 Å². The molecule has 0 aliphatic carbocycles. The van der Waals surface area contributed by atoms with Gasteiger partial charge in [-0.25, -0.2) is 23.4 Å². The van der Waals surface area contributed by atoms with Gasteiger partial charge in [0.25, 0.3) is 0 Å². The minimum Gasteiger partial charge on any atom is -0.340 e. The first-order chi connectivity index (χ1) is 15.6. The summed E-state index contributed by atoms with van der Waals surface area (Å²) in [6.07, 6.45) is 1.52. The van der Waals surface area contributed by atoms with Gasteiger partial charge in [-0.1, -0.05) is 0 Å². The molecule has 0 saturated carbocycles. The Hall–Kier alpha value is -3.46. The number of carbonyl (C=O) groups is 1. The van der Waals surface area contributed by atoms with Crippen LogP contribution in [0.2, 0.25) is 0 Å². The first kappa shape index (κ1) is 20.4. The van der Waals surface area contributed by atoms with Gasteiger partial charge in [-0.05, 0) is 48.5 Å². The van der Waals surface area contributed by atoms with Gasteiger partial charge < -0.3 is 4.90 Å². The van der Waals surface area contributed by atoms with Crippen molar-refractivity contribution in [2.24, 2.45) is 0 Å². The van der Waals surface area contributed by atoms with Crippen molar-refractivity contribution >= 4 is 17.2 Å². The number of aromatic nitrogens is 4. The molecule has 0 radical (unpaired) electrons. The Morgan fingerprint density at radius 3 is 2.31 bits per heavy atom. The predicted molar refractivity (Wildman–Crippen MR) is 117 cm³/mol. The summed E-state index contributed by atoms with van der Waals surface area (Å²) in [6.45, 7) is 1.22. The van der Waals surface area contributed by atoms with E-state index >= 15 is 0 Å². The van der Waals surface area contributed by atoms with Gasteiger partial charge in [0.05, 0.1) is 11.2 Å². The monoisotopic (exact) mass is 451 g/mol. The maximum absolute atomic E-state index is 13.4. The molecule has 1 aliphatic rings.